The van der Waals surface area contributed by atoms with E-state index in [0.29, 0.717) is 63.2 Å². The molecular formula is C40H50N4O6. The minimum Gasteiger partial charge on any atom is -0.496 e. The first-order valence-electron chi connectivity index (χ1n) is 18.4. The number of hydrogen-bond acceptors (Lipinski definition) is 7. The molecule has 0 N–H and O–H groups in total. The first-order chi connectivity index (χ1) is 24.3. The summed E-state index contributed by atoms with van der Waals surface area (Å²) in [7, 11) is 3.08. The Labute approximate surface area is 295 Å². The number of esters is 1. The standard InChI is InChI=1S/C40H50N4O6/c1-26-19-31(13-18-37(26)48-2)28-9-7-27(8-10-28)22-43(35-6-4-5-30(20-35)32-21-41-44(25-32)34-14-15-34)38(45)29-11-16-36(17-12-29)50-40(47)42-23-33(24-42)39(46)49-3/h4-6,13,18-21,25,27-29,33-34,36H,7-12,14-17,22-24H2,1-3H3. The van der Waals surface area contributed by atoms with Crippen molar-refractivity contribution in [3.05, 3.63) is 66.0 Å². The highest BCUT2D eigenvalue weighted by atomic mass is 16.6. The van der Waals surface area contributed by atoms with E-state index in [2.05, 4.69) is 70.3 Å². The van der Waals surface area contributed by atoms with Gasteiger partial charge in [0.2, 0.25) is 5.91 Å². The van der Waals surface area contributed by atoms with Gasteiger partial charge < -0.3 is 24.0 Å². The van der Waals surface area contributed by atoms with Gasteiger partial charge >= 0.3 is 12.1 Å². The number of carbonyl (C=O) groups excluding carboxylic acids is 3. The van der Waals surface area contributed by atoms with Crippen LogP contribution in [0.5, 0.6) is 5.75 Å². The van der Waals surface area contributed by atoms with Gasteiger partial charge in [-0.1, -0.05) is 24.3 Å². The van der Waals surface area contributed by atoms with Crippen LogP contribution in [0.2, 0.25) is 0 Å². The van der Waals surface area contributed by atoms with Crippen molar-refractivity contribution in [3.63, 3.8) is 0 Å². The van der Waals surface area contributed by atoms with Gasteiger partial charge in [0.25, 0.3) is 0 Å². The third kappa shape index (κ3) is 7.54. The molecule has 0 radical (unpaired) electrons. The summed E-state index contributed by atoms with van der Waals surface area (Å²) in [5.74, 6) is 1.33. The summed E-state index contributed by atoms with van der Waals surface area (Å²) < 4.78 is 18.1. The Morgan fingerprint density at radius 1 is 0.860 bits per heavy atom. The van der Waals surface area contributed by atoms with Crippen LogP contribution in [0.1, 0.15) is 87.3 Å². The summed E-state index contributed by atoms with van der Waals surface area (Å²) in [5.41, 5.74) is 5.63. The molecule has 4 fully saturated rings. The van der Waals surface area contributed by atoms with E-state index in [4.69, 9.17) is 14.2 Å². The molecule has 1 aromatic heterocycles. The van der Waals surface area contributed by atoms with Crippen LogP contribution in [0.4, 0.5) is 10.5 Å². The number of nitrogens with zero attached hydrogens (tertiary/aromatic N) is 4. The van der Waals surface area contributed by atoms with Crippen LogP contribution >= 0.6 is 0 Å². The van der Waals surface area contributed by atoms with Gasteiger partial charge in [-0.25, -0.2) is 4.79 Å². The summed E-state index contributed by atoms with van der Waals surface area (Å²) in [4.78, 5) is 42.5. The number of hydrogen-bond donors (Lipinski definition) is 0. The molecule has 3 saturated carbocycles. The molecule has 4 aliphatic rings. The quantitative estimate of drug-likeness (QED) is 0.207. The molecule has 2 heterocycles. The van der Waals surface area contributed by atoms with E-state index in [1.54, 1.807) is 12.0 Å². The number of benzene rings is 2. The summed E-state index contributed by atoms with van der Waals surface area (Å²) >= 11 is 0. The molecule has 1 aliphatic heterocycles. The SMILES string of the molecule is COC(=O)C1CN(C(=O)OC2CCC(C(=O)N(CC3CCC(c4ccc(OC)c(C)c4)CC3)c3cccc(-c4cnn(C5CC5)c4)c3)CC2)C1. The van der Waals surface area contributed by atoms with E-state index in [1.165, 1.54) is 31.1 Å². The molecule has 2 aromatic carbocycles. The average molecular weight is 683 g/mol. The van der Waals surface area contributed by atoms with Gasteiger partial charge in [-0.3, -0.25) is 14.3 Å². The van der Waals surface area contributed by atoms with Crippen molar-refractivity contribution in [1.29, 1.82) is 0 Å². The molecule has 3 aromatic rings. The lowest BCUT2D eigenvalue weighted by molar-refractivity contribution is -0.150. The second-order valence-corrected chi connectivity index (χ2v) is 14.9. The van der Waals surface area contributed by atoms with E-state index in [-0.39, 0.29) is 35.9 Å². The maximum absolute atomic E-state index is 14.5. The third-order valence-corrected chi connectivity index (χ3v) is 11.4. The second-order valence-electron chi connectivity index (χ2n) is 14.9. The number of aryl methyl sites for hydroxylation is 1. The molecule has 50 heavy (non-hydrogen) atoms. The summed E-state index contributed by atoms with van der Waals surface area (Å²) in [6.45, 7) is 3.46. The second kappa shape index (κ2) is 14.9. The van der Waals surface area contributed by atoms with E-state index in [9.17, 15) is 14.4 Å². The molecule has 7 rings (SSSR count). The lowest BCUT2D eigenvalue weighted by atomic mass is 9.78. The minimum atomic E-state index is -0.385. The van der Waals surface area contributed by atoms with Gasteiger partial charge in [0, 0.05) is 43.0 Å². The molecule has 0 atom stereocenters. The smallest absolute Gasteiger partial charge is 0.410 e. The van der Waals surface area contributed by atoms with Gasteiger partial charge in [-0.2, -0.15) is 5.10 Å². The van der Waals surface area contributed by atoms with Crippen LogP contribution < -0.4 is 9.64 Å². The first-order valence-corrected chi connectivity index (χ1v) is 18.4. The molecular weight excluding hydrogens is 632 g/mol. The van der Waals surface area contributed by atoms with Crippen molar-refractivity contribution < 1.29 is 28.6 Å². The predicted octanol–water partition coefficient (Wildman–Crippen LogP) is 7.31. The Kier molecular flexibility index (Phi) is 10.1. The van der Waals surface area contributed by atoms with Crippen LogP contribution in [0.3, 0.4) is 0 Å². The first kappa shape index (κ1) is 34.1. The average Bonchev–Trinajstić information content (AvgIpc) is 3.85. The van der Waals surface area contributed by atoms with Crippen LogP contribution in [0.15, 0.2) is 54.9 Å². The van der Waals surface area contributed by atoms with Crippen molar-refractivity contribution in [3.8, 4) is 16.9 Å². The Bertz CT molecular complexity index is 1680. The zero-order valence-corrected chi connectivity index (χ0v) is 29.6. The number of amides is 2. The summed E-state index contributed by atoms with van der Waals surface area (Å²) in [6, 6.07) is 15.5. The van der Waals surface area contributed by atoms with Crippen molar-refractivity contribution in [1.82, 2.24) is 14.7 Å². The highest BCUT2D eigenvalue weighted by Gasteiger charge is 2.39. The van der Waals surface area contributed by atoms with Crippen LogP contribution in [0, 0.1) is 24.7 Å². The van der Waals surface area contributed by atoms with Gasteiger partial charge in [0.15, 0.2) is 0 Å². The number of ether oxygens (including phenoxy) is 3. The van der Waals surface area contributed by atoms with Gasteiger partial charge in [0.05, 0.1) is 32.4 Å². The van der Waals surface area contributed by atoms with Crippen molar-refractivity contribution in [2.45, 2.75) is 89.2 Å². The molecule has 266 valence electrons. The third-order valence-electron chi connectivity index (χ3n) is 11.4. The largest absolute Gasteiger partial charge is 0.496 e. The molecule has 3 aliphatic carbocycles. The Morgan fingerprint density at radius 3 is 2.30 bits per heavy atom. The Hall–Kier alpha value is -4.34. The van der Waals surface area contributed by atoms with Gasteiger partial charge in [-0.05, 0) is 118 Å². The zero-order valence-electron chi connectivity index (χ0n) is 29.6. The Morgan fingerprint density at radius 2 is 1.62 bits per heavy atom. The fraction of sp³-hybridized carbons (Fsp3) is 0.550. The number of likely N-dealkylation sites (tertiary alicyclic amines) is 1. The minimum absolute atomic E-state index is 0.127. The molecule has 1 saturated heterocycles. The van der Waals surface area contributed by atoms with Crippen LogP contribution in [-0.4, -0.2) is 72.6 Å². The van der Waals surface area contributed by atoms with Crippen LogP contribution in [-0.2, 0) is 19.1 Å². The highest BCUT2D eigenvalue weighted by molar-refractivity contribution is 5.95. The normalized spacial score (nSPS) is 23.9. The maximum Gasteiger partial charge on any atom is 0.410 e. The van der Waals surface area contributed by atoms with E-state index in [0.717, 1.165) is 48.2 Å². The fourth-order valence-electron chi connectivity index (χ4n) is 8.10. The lowest BCUT2D eigenvalue weighted by Crippen LogP contribution is -2.54. The van der Waals surface area contributed by atoms with E-state index < -0.39 is 0 Å². The molecule has 2 amide bonds. The Balaban J connectivity index is 1.01. The fourth-order valence-corrected chi connectivity index (χ4v) is 8.10. The number of rotatable bonds is 10. The maximum atomic E-state index is 14.5. The van der Waals surface area contributed by atoms with Crippen molar-refractivity contribution >= 4 is 23.7 Å². The molecule has 0 unspecified atom stereocenters. The molecule has 0 spiro atoms. The van der Waals surface area contributed by atoms with E-state index in [1.807, 2.05) is 6.20 Å². The number of aromatic nitrogens is 2. The summed E-state index contributed by atoms with van der Waals surface area (Å²) in [5, 5.41) is 4.61. The van der Waals surface area contributed by atoms with Gasteiger partial charge in [0.1, 0.15) is 11.9 Å². The number of carbonyl (C=O) groups is 3. The zero-order chi connectivity index (χ0) is 34.8. The van der Waals surface area contributed by atoms with Gasteiger partial charge in [-0.15, -0.1) is 0 Å². The van der Waals surface area contributed by atoms with Crippen molar-refractivity contribution in [2.24, 2.45) is 17.8 Å². The molecule has 0 bridgehead atoms. The highest BCUT2D eigenvalue weighted by Crippen LogP contribution is 2.40. The van der Waals surface area contributed by atoms with Crippen molar-refractivity contribution in [2.75, 3.05) is 38.8 Å². The number of anilines is 1. The monoisotopic (exact) mass is 682 g/mol. The summed E-state index contributed by atoms with van der Waals surface area (Å²) in [6.07, 6.45) is 12.8. The van der Waals surface area contributed by atoms with E-state index >= 15 is 0 Å². The van der Waals surface area contributed by atoms with Crippen LogP contribution in [0.25, 0.3) is 11.1 Å². The predicted molar refractivity (Wildman–Crippen MR) is 190 cm³/mol. The molecule has 10 heteroatoms. The molecule has 10 nitrogen and oxygen atoms in total. The lowest BCUT2D eigenvalue weighted by Gasteiger charge is -2.38. The topological polar surface area (TPSA) is 103 Å². The number of methoxy groups -OCH3 is 2.